The molecular weight excluding hydrogens is 188 g/mol. The number of hydrogen-bond acceptors (Lipinski definition) is 2. The zero-order valence-corrected chi connectivity index (χ0v) is 9.76. The van der Waals surface area contributed by atoms with Gasteiger partial charge in [-0.25, -0.2) is 0 Å². The van der Waals surface area contributed by atoms with Gasteiger partial charge in [0.1, 0.15) is 5.75 Å². The van der Waals surface area contributed by atoms with Crippen molar-refractivity contribution in [2.75, 3.05) is 0 Å². The number of carbonyl (C=O) groups is 1. The Kier molecular flexibility index (Phi) is 3.51. The van der Waals surface area contributed by atoms with Crippen LogP contribution < -0.4 is 4.74 Å². The summed E-state index contributed by atoms with van der Waals surface area (Å²) in [6, 6.07) is 3.95. The van der Waals surface area contributed by atoms with Gasteiger partial charge >= 0.3 is 5.97 Å². The van der Waals surface area contributed by atoms with Crippen molar-refractivity contribution in [2.24, 2.45) is 0 Å². The Balaban J connectivity index is 3.26. The fraction of sp³-hybridized carbons (Fsp3) is 0.385. The minimum Gasteiger partial charge on any atom is -0.426 e. The first-order valence-electron chi connectivity index (χ1n) is 5.04. The molecule has 0 aliphatic carbocycles. The zero-order chi connectivity index (χ0) is 11.6. The average molecular weight is 205 g/mol. The topological polar surface area (TPSA) is 26.3 Å². The van der Waals surface area contributed by atoms with Crippen molar-refractivity contribution in [1.29, 1.82) is 0 Å². The van der Waals surface area contributed by atoms with Crippen molar-refractivity contribution in [3.05, 3.63) is 35.7 Å². The molecule has 1 unspecified atom stereocenters. The lowest BCUT2D eigenvalue weighted by Gasteiger charge is -2.15. The van der Waals surface area contributed by atoms with Gasteiger partial charge in [-0.2, -0.15) is 0 Å². The predicted molar refractivity (Wildman–Crippen MR) is 61.0 cm³/mol. The van der Waals surface area contributed by atoms with E-state index in [1.165, 1.54) is 6.92 Å². The van der Waals surface area contributed by atoms with Crippen LogP contribution in [0.15, 0.2) is 12.1 Å². The van der Waals surface area contributed by atoms with Gasteiger partial charge in [-0.05, 0) is 43.9 Å². The van der Waals surface area contributed by atoms with Crippen LogP contribution in [-0.2, 0) is 4.79 Å². The lowest BCUT2D eigenvalue weighted by molar-refractivity contribution is -0.131. The molecule has 0 N–H and O–H groups in total. The predicted octanol–water partition coefficient (Wildman–Crippen LogP) is 3.17. The highest BCUT2D eigenvalue weighted by molar-refractivity contribution is 5.70. The summed E-state index contributed by atoms with van der Waals surface area (Å²) in [6.45, 7) is 11.4. The fourth-order valence-corrected chi connectivity index (χ4v) is 1.81. The molecular formula is C13H17O2. The van der Waals surface area contributed by atoms with E-state index in [-0.39, 0.29) is 11.9 Å². The normalized spacial score (nSPS) is 10.5. The van der Waals surface area contributed by atoms with Gasteiger partial charge in [-0.3, -0.25) is 4.79 Å². The smallest absolute Gasteiger partial charge is 0.308 e. The number of carbonyl (C=O) groups excluding carboxylic acids is 1. The van der Waals surface area contributed by atoms with E-state index >= 15 is 0 Å². The third-order valence-corrected chi connectivity index (χ3v) is 2.24. The second kappa shape index (κ2) is 4.47. The van der Waals surface area contributed by atoms with Crippen molar-refractivity contribution in [3.63, 3.8) is 0 Å². The molecule has 81 valence electrons. The van der Waals surface area contributed by atoms with E-state index in [1.54, 1.807) is 0 Å². The summed E-state index contributed by atoms with van der Waals surface area (Å²) >= 11 is 0. The molecule has 2 nitrogen and oxygen atoms in total. The molecule has 0 aliphatic heterocycles. The van der Waals surface area contributed by atoms with Gasteiger partial charge in [0.05, 0.1) is 0 Å². The minimum atomic E-state index is -0.290. The van der Waals surface area contributed by atoms with Crippen LogP contribution in [0, 0.1) is 20.8 Å². The molecule has 0 spiro atoms. The third-order valence-electron chi connectivity index (χ3n) is 2.24. The number of esters is 1. The summed E-state index contributed by atoms with van der Waals surface area (Å²) in [4.78, 5) is 11.0. The molecule has 0 heterocycles. The number of rotatable bonds is 2. The van der Waals surface area contributed by atoms with Gasteiger partial charge < -0.3 is 4.74 Å². The lowest BCUT2D eigenvalue weighted by atomic mass is 9.95. The summed E-state index contributed by atoms with van der Waals surface area (Å²) in [5.41, 5.74) is 3.22. The van der Waals surface area contributed by atoms with Gasteiger partial charge in [0, 0.05) is 12.5 Å². The van der Waals surface area contributed by atoms with E-state index in [0.717, 1.165) is 16.7 Å². The van der Waals surface area contributed by atoms with Crippen LogP contribution in [0.1, 0.15) is 36.5 Å². The van der Waals surface area contributed by atoms with Crippen LogP contribution in [0.4, 0.5) is 0 Å². The molecule has 1 radical (unpaired) electrons. The molecule has 1 aromatic carbocycles. The highest BCUT2D eigenvalue weighted by Crippen LogP contribution is 2.30. The average Bonchev–Trinajstić information content (AvgIpc) is 1.99. The maximum absolute atomic E-state index is 11.0. The van der Waals surface area contributed by atoms with Crippen LogP contribution >= 0.6 is 0 Å². The van der Waals surface area contributed by atoms with Crippen LogP contribution in [0.5, 0.6) is 5.75 Å². The second-order valence-electron chi connectivity index (χ2n) is 3.99. The summed E-state index contributed by atoms with van der Waals surface area (Å²) in [7, 11) is 0. The molecule has 0 aliphatic rings. The SMILES string of the molecule is [CH2]C(C)c1c(C)cc(C)cc1OC(C)=O. The lowest BCUT2D eigenvalue weighted by Crippen LogP contribution is -2.06. The molecule has 0 fully saturated rings. The fourth-order valence-electron chi connectivity index (χ4n) is 1.81. The Labute approximate surface area is 91.3 Å². The highest BCUT2D eigenvalue weighted by Gasteiger charge is 2.13. The molecule has 0 aromatic heterocycles. The van der Waals surface area contributed by atoms with Crippen molar-refractivity contribution in [3.8, 4) is 5.75 Å². The molecule has 15 heavy (non-hydrogen) atoms. The first kappa shape index (κ1) is 11.8. The summed E-state index contributed by atoms with van der Waals surface area (Å²) in [6.07, 6.45) is 0. The molecule has 1 rings (SSSR count). The highest BCUT2D eigenvalue weighted by atomic mass is 16.5. The standard InChI is InChI=1S/C13H17O2/c1-8(2)13-10(4)6-9(3)7-12(13)15-11(5)14/h6-8H,1H2,2-5H3. The molecule has 2 heteroatoms. The van der Waals surface area contributed by atoms with Crippen LogP contribution in [0.2, 0.25) is 0 Å². The molecule has 0 bridgehead atoms. The van der Waals surface area contributed by atoms with E-state index in [2.05, 4.69) is 13.0 Å². The molecule has 1 aromatic rings. The van der Waals surface area contributed by atoms with Crippen molar-refractivity contribution >= 4 is 5.97 Å². The number of hydrogen-bond donors (Lipinski definition) is 0. The van der Waals surface area contributed by atoms with E-state index in [1.807, 2.05) is 26.8 Å². The Morgan fingerprint density at radius 1 is 1.40 bits per heavy atom. The Hall–Kier alpha value is -1.31. The van der Waals surface area contributed by atoms with E-state index in [0.29, 0.717) is 5.75 Å². The quantitative estimate of drug-likeness (QED) is 0.547. The van der Waals surface area contributed by atoms with Gasteiger partial charge in [-0.15, -0.1) is 0 Å². The van der Waals surface area contributed by atoms with Gasteiger partial charge in [0.25, 0.3) is 0 Å². The second-order valence-corrected chi connectivity index (χ2v) is 3.99. The largest absolute Gasteiger partial charge is 0.426 e. The molecule has 0 saturated carbocycles. The van der Waals surface area contributed by atoms with Crippen LogP contribution in [0.25, 0.3) is 0 Å². The van der Waals surface area contributed by atoms with E-state index in [9.17, 15) is 4.79 Å². The maximum Gasteiger partial charge on any atom is 0.308 e. The Bertz CT molecular complexity index is 378. The first-order valence-corrected chi connectivity index (χ1v) is 5.04. The van der Waals surface area contributed by atoms with Crippen LogP contribution in [0.3, 0.4) is 0 Å². The van der Waals surface area contributed by atoms with Gasteiger partial charge in [-0.1, -0.05) is 13.0 Å². The number of aryl methyl sites for hydroxylation is 2. The summed E-state index contributed by atoms with van der Waals surface area (Å²) in [5, 5.41) is 0. The first-order chi connectivity index (χ1) is 6.91. The maximum atomic E-state index is 11.0. The molecule has 0 amide bonds. The number of benzene rings is 1. The van der Waals surface area contributed by atoms with Gasteiger partial charge in [0.2, 0.25) is 0 Å². The summed E-state index contributed by atoms with van der Waals surface area (Å²) < 4.78 is 5.19. The Morgan fingerprint density at radius 2 is 2.00 bits per heavy atom. The monoisotopic (exact) mass is 205 g/mol. The van der Waals surface area contributed by atoms with Crippen molar-refractivity contribution < 1.29 is 9.53 Å². The van der Waals surface area contributed by atoms with Crippen molar-refractivity contribution in [1.82, 2.24) is 0 Å². The molecule has 0 saturated heterocycles. The van der Waals surface area contributed by atoms with E-state index < -0.39 is 0 Å². The number of ether oxygens (including phenoxy) is 1. The van der Waals surface area contributed by atoms with Crippen LogP contribution in [-0.4, -0.2) is 5.97 Å². The third kappa shape index (κ3) is 2.82. The van der Waals surface area contributed by atoms with Gasteiger partial charge in [0.15, 0.2) is 0 Å². The van der Waals surface area contributed by atoms with Crippen molar-refractivity contribution in [2.45, 2.75) is 33.6 Å². The summed E-state index contributed by atoms with van der Waals surface area (Å²) in [5.74, 6) is 0.462. The molecule has 1 atom stereocenters. The van der Waals surface area contributed by atoms with E-state index in [4.69, 9.17) is 4.74 Å². The Morgan fingerprint density at radius 3 is 2.47 bits per heavy atom. The zero-order valence-electron chi connectivity index (χ0n) is 9.76. The minimum absolute atomic E-state index is 0.111.